The van der Waals surface area contributed by atoms with Crippen molar-refractivity contribution < 1.29 is 13.9 Å². The fourth-order valence-corrected chi connectivity index (χ4v) is 4.55. The second-order valence-corrected chi connectivity index (χ2v) is 7.71. The molecule has 0 spiro atoms. The molecule has 7 heteroatoms. The molecule has 28 heavy (non-hydrogen) atoms. The molecule has 2 aliphatic rings. The minimum Gasteiger partial charge on any atom is -0.484 e. The molecule has 1 aromatic heterocycles. The summed E-state index contributed by atoms with van der Waals surface area (Å²) in [5, 5.41) is 0.897. The average Bonchev–Trinajstić information content (AvgIpc) is 3.11. The molecule has 2 heterocycles. The van der Waals surface area contributed by atoms with Crippen LogP contribution in [0, 0.1) is 11.8 Å². The van der Waals surface area contributed by atoms with Gasteiger partial charge in [0.15, 0.2) is 6.61 Å². The number of nitrogens with zero attached hydrogens (tertiary/aromatic N) is 1. The first-order valence-electron chi connectivity index (χ1n) is 9.78. The smallest absolute Gasteiger partial charge is 0.336 e. The molecule has 3 atom stereocenters. The van der Waals surface area contributed by atoms with E-state index >= 15 is 0 Å². The van der Waals surface area contributed by atoms with E-state index in [0.29, 0.717) is 23.2 Å². The number of benzene rings is 1. The summed E-state index contributed by atoms with van der Waals surface area (Å²) < 4.78 is 11.0. The molecule has 2 aromatic rings. The summed E-state index contributed by atoms with van der Waals surface area (Å²) in [5.74, 6) is 1.46. The molecule has 6 nitrogen and oxygen atoms in total. The number of nitrogens with two attached hydrogens (primary N) is 1. The second kappa shape index (κ2) is 8.53. The minimum absolute atomic E-state index is 0. The maximum Gasteiger partial charge on any atom is 0.336 e. The normalized spacial score (nSPS) is 23.9. The highest BCUT2D eigenvalue weighted by molar-refractivity contribution is 5.85. The molecule has 1 saturated carbocycles. The lowest BCUT2D eigenvalue weighted by atomic mass is 9.78. The van der Waals surface area contributed by atoms with Gasteiger partial charge < -0.3 is 19.8 Å². The number of fused-ring (bicyclic) bond motifs is 2. The van der Waals surface area contributed by atoms with Gasteiger partial charge in [-0.3, -0.25) is 4.79 Å². The number of carbonyl (C=O) groups is 1. The van der Waals surface area contributed by atoms with Crippen molar-refractivity contribution in [1.29, 1.82) is 0 Å². The van der Waals surface area contributed by atoms with Crippen molar-refractivity contribution in [3.63, 3.8) is 0 Å². The van der Waals surface area contributed by atoms with E-state index < -0.39 is 0 Å². The molecule has 1 aliphatic heterocycles. The van der Waals surface area contributed by atoms with E-state index in [1.54, 1.807) is 6.07 Å². The fraction of sp³-hybridized carbons (Fsp3) is 0.524. The third kappa shape index (κ3) is 4.03. The Labute approximate surface area is 170 Å². The van der Waals surface area contributed by atoms with Crippen molar-refractivity contribution in [2.24, 2.45) is 17.6 Å². The molecule has 1 saturated heterocycles. The number of hydrogen-bond acceptors (Lipinski definition) is 5. The van der Waals surface area contributed by atoms with Crippen LogP contribution in [0.1, 0.15) is 31.7 Å². The Kier molecular flexibility index (Phi) is 6.30. The number of aryl methyl sites for hydroxylation is 1. The number of carbonyl (C=O) groups excluding carboxylic acids is 1. The predicted octanol–water partition coefficient (Wildman–Crippen LogP) is 2.74. The number of halogens is 1. The van der Waals surface area contributed by atoms with Gasteiger partial charge in [0.1, 0.15) is 11.3 Å². The highest BCUT2D eigenvalue weighted by atomic mass is 35.5. The molecule has 1 aliphatic carbocycles. The molecular weight excluding hydrogens is 380 g/mol. The van der Waals surface area contributed by atoms with E-state index in [1.807, 2.05) is 24.0 Å². The fourth-order valence-electron chi connectivity index (χ4n) is 4.55. The Morgan fingerprint density at radius 1 is 1.29 bits per heavy atom. The monoisotopic (exact) mass is 406 g/mol. The molecule has 0 radical (unpaired) electrons. The lowest BCUT2D eigenvalue weighted by Gasteiger charge is -2.29. The van der Waals surface area contributed by atoms with Gasteiger partial charge in [-0.1, -0.05) is 13.3 Å². The van der Waals surface area contributed by atoms with Crippen LogP contribution >= 0.6 is 12.4 Å². The van der Waals surface area contributed by atoms with Gasteiger partial charge >= 0.3 is 5.63 Å². The van der Waals surface area contributed by atoms with Crippen LogP contribution in [0.4, 0.5) is 0 Å². The van der Waals surface area contributed by atoms with Crippen molar-refractivity contribution in [3.05, 3.63) is 40.2 Å². The summed E-state index contributed by atoms with van der Waals surface area (Å²) in [4.78, 5) is 26.1. The first kappa shape index (κ1) is 20.7. The van der Waals surface area contributed by atoms with E-state index in [2.05, 4.69) is 0 Å². The van der Waals surface area contributed by atoms with Gasteiger partial charge in [0.25, 0.3) is 5.91 Å². The van der Waals surface area contributed by atoms with Gasteiger partial charge in [-0.15, -0.1) is 12.4 Å². The van der Waals surface area contributed by atoms with Crippen LogP contribution in [-0.4, -0.2) is 36.5 Å². The largest absolute Gasteiger partial charge is 0.484 e. The van der Waals surface area contributed by atoms with Crippen LogP contribution in [0.15, 0.2) is 33.5 Å². The Morgan fingerprint density at radius 3 is 2.86 bits per heavy atom. The first-order chi connectivity index (χ1) is 13.0. The van der Waals surface area contributed by atoms with Crippen LogP contribution in [0.3, 0.4) is 0 Å². The van der Waals surface area contributed by atoms with E-state index in [1.165, 1.54) is 6.07 Å². The predicted molar refractivity (Wildman–Crippen MR) is 110 cm³/mol. The van der Waals surface area contributed by atoms with E-state index in [9.17, 15) is 9.59 Å². The Hall–Kier alpha value is -2.05. The van der Waals surface area contributed by atoms with Crippen LogP contribution in [0.2, 0.25) is 0 Å². The topological polar surface area (TPSA) is 85.8 Å². The summed E-state index contributed by atoms with van der Waals surface area (Å²) in [7, 11) is 0. The quantitative estimate of drug-likeness (QED) is 0.789. The minimum atomic E-state index is -0.372. The standard InChI is InChI=1S/C21H26N2O4.ClH/c1-2-13-8-21(25)27-19-9-15(6-7-16(13)19)26-12-20(24)23-10-14-4-3-5-18(22)17(14)11-23;/h6-9,14,17-18H,2-5,10-12,22H2,1H3;1H/t14-,17+,18-;/m1./s1. The first-order valence-corrected chi connectivity index (χ1v) is 9.78. The van der Waals surface area contributed by atoms with Crippen molar-refractivity contribution in [2.75, 3.05) is 19.7 Å². The zero-order valence-electron chi connectivity index (χ0n) is 16.1. The summed E-state index contributed by atoms with van der Waals surface area (Å²) in [6, 6.07) is 7.10. The van der Waals surface area contributed by atoms with Crippen LogP contribution in [0.25, 0.3) is 11.0 Å². The van der Waals surface area contributed by atoms with Gasteiger partial charge in [0, 0.05) is 36.7 Å². The number of likely N-dealkylation sites (tertiary alicyclic amines) is 1. The molecular formula is C21H27ClN2O4. The number of rotatable bonds is 4. The molecule has 2 N–H and O–H groups in total. The zero-order valence-corrected chi connectivity index (χ0v) is 16.9. The van der Waals surface area contributed by atoms with Crippen molar-refractivity contribution in [3.8, 4) is 5.75 Å². The Bertz CT molecular complexity index is 913. The van der Waals surface area contributed by atoms with Gasteiger partial charge in [-0.2, -0.15) is 0 Å². The van der Waals surface area contributed by atoms with E-state index in [-0.39, 0.29) is 36.6 Å². The summed E-state index contributed by atoms with van der Waals surface area (Å²) in [5.41, 5.74) is 7.29. The van der Waals surface area contributed by atoms with E-state index in [0.717, 1.165) is 49.7 Å². The van der Waals surface area contributed by atoms with Gasteiger partial charge in [-0.05, 0) is 48.8 Å². The van der Waals surface area contributed by atoms with Gasteiger partial charge in [-0.25, -0.2) is 4.79 Å². The zero-order chi connectivity index (χ0) is 19.0. The molecule has 2 fully saturated rings. The van der Waals surface area contributed by atoms with Crippen molar-refractivity contribution in [1.82, 2.24) is 4.90 Å². The summed E-state index contributed by atoms with van der Waals surface area (Å²) >= 11 is 0. The lowest BCUT2D eigenvalue weighted by molar-refractivity contribution is -0.132. The van der Waals surface area contributed by atoms with Gasteiger partial charge in [0.05, 0.1) is 0 Å². The maximum atomic E-state index is 12.6. The average molecular weight is 407 g/mol. The molecule has 0 bridgehead atoms. The van der Waals surface area contributed by atoms with Crippen molar-refractivity contribution >= 4 is 29.3 Å². The SMILES string of the molecule is CCc1cc(=O)oc2cc(OCC(=O)N3C[C@H]4CCC[C@@H](N)[C@H]4C3)ccc12.Cl. The highest BCUT2D eigenvalue weighted by Crippen LogP contribution is 2.35. The lowest BCUT2D eigenvalue weighted by Crippen LogP contribution is -2.39. The summed E-state index contributed by atoms with van der Waals surface area (Å²) in [6.07, 6.45) is 4.12. The molecule has 1 amide bonds. The molecule has 152 valence electrons. The van der Waals surface area contributed by atoms with Crippen LogP contribution < -0.4 is 16.1 Å². The van der Waals surface area contributed by atoms with E-state index in [4.69, 9.17) is 14.9 Å². The molecule has 4 rings (SSSR count). The Balaban J connectivity index is 0.00000225. The van der Waals surface area contributed by atoms with Crippen LogP contribution in [0.5, 0.6) is 5.75 Å². The third-order valence-electron chi connectivity index (χ3n) is 6.05. The number of amides is 1. The number of ether oxygens (including phenoxy) is 1. The third-order valence-corrected chi connectivity index (χ3v) is 6.05. The van der Waals surface area contributed by atoms with Crippen LogP contribution in [-0.2, 0) is 11.2 Å². The Morgan fingerprint density at radius 2 is 2.11 bits per heavy atom. The van der Waals surface area contributed by atoms with Crippen molar-refractivity contribution in [2.45, 2.75) is 38.6 Å². The second-order valence-electron chi connectivity index (χ2n) is 7.71. The maximum absolute atomic E-state index is 12.6. The highest BCUT2D eigenvalue weighted by Gasteiger charge is 2.40. The van der Waals surface area contributed by atoms with Gasteiger partial charge in [0.2, 0.25) is 0 Å². The molecule has 1 aromatic carbocycles. The summed E-state index contributed by atoms with van der Waals surface area (Å²) in [6.45, 7) is 3.50. The molecule has 0 unspecified atom stereocenters. The number of hydrogen-bond donors (Lipinski definition) is 1.